The van der Waals surface area contributed by atoms with Crippen molar-refractivity contribution < 1.29 is 27.1 Å². The molecule has 1 fully saturated rings. The van der Waals surface area contributed by atoms with Crippen LogP contribution in [-0.2, 0) is 10.0 Å². The van der Waals surface area contributed by atoms with E-state index in [2.05, 4.69) is 5.32 Å². The van der Waals surface area contributed by atoms with E-state index >= 15 is 0 Å². The van der Waals surface area contributed by atoms with Gasteiger partial charge in [0.05, 0.1) is 11.0 Å². The molecule has 30 heavy (non-hydrogen) atoms. The van der Waals surface area contributed by atoms with Crippen molar-refractivity contribution >= 4 is 15.9 Å². The van der Waals surface area contributed by atoms with Crippen LogP contribution in [0, 0.1) is 11.6 Å². The minimum absolute atomic E-state index is 0.0653. The van der Waals surface area contributed by atoms with Crippen molar-refractivity contribution in [3.05, 3.63) is 65.2 Å². The highest BCUT2D eigenvalue weighted by Crippen LogP contribution is 2.25. The second-order valence-corrected chi connectivity index (χ2v) is 9.27. The van der Waals surface area contributed by atoms with Gasteiger partial charge in [-0.3, -0.25) is 4.79 Å². The zero-order chi connectivity index (χ0) is 21.9. The minimum atomic E-state index is -3.63. The number of rotatable bonds is 6. The second-order valence-electron chi connectivity index (χ2n) is 7.38. The van der Waals surface area contributed by atoms with Crippen LogP contribution in [0.2, 0.25) is 0 Å². The molecule has 2 aromatic carbocycles. The summed E-state index contributed by atoms with van der Waals surface area (Å²) in [5, 5.41) is 12.6. The topological polar surface area (TPSA) is 86.7 Å². The predicted octanol–water partition coefficient (Wildman–Crippen LogP) is 2.99. The van der Waals surface area contributed by atoms with Crippen molar-refractivity contribution in [2.45, 2.75) is 43.2 Å². The molecule has 2 aromatic rings. The lowest BCUT2D eigenvalue weighted by molar-refractivity contribution is 0.0916. The van der Waals surface area contributed by atoms with Crippen molar-refractivity contribution in [2.24, 2.45) is 0 Å². The van der Waals surface area contributed by atoms with Gasteiger partial charge in [-0.05, 0) is 61.7 Å². The molecule has 0 bridgehead atoms. The van der Waals surface area contributed by atoms with E-state index in [4.69, 9.17) is 0 Å². The van der Waals surface area contributed by atoms with E-state index < -0.39 is 33.7 Å². The van der Waals surface area contributed by atoms with Crippen molar-refractivity contribution in [3.8, 4) is 0 Å². The first-order valence-electron chi connectivity index (χ1n) is 9.73. The number of nitrogens with zero attached hydrogens (tertiary/aromatic N) is 1. The molecular formula is C21H24F2N2O4S. The molecule has 2 N–H and O–H groups in total. The van der Waals surface area contributed by atoms with Crippen LogP contribution < -0.4 is 5.32 Å². The van der Waals surface area contributed by atoms with E-state index in [1.807, 2.05) is 6.92 Å². The number of halogens is 2. The van der Waals surface area contributed by atoms with E-state index in [0.717, 1.165) is 31.4 Å². The molecule has 1 heterocycles. The molecule has 162 valence electrons. The van der Waals surface area contributed by atoms with Crippen molar-refractivity contribution in [3.63, 3.8) is 0 Å². The molecule has 0 saturated carbocycles. The lowest BCUT2D eigenvalue weighted by Gasteiger charge is -2.32. The number of amides is 1. The smallest absolute Gasteiger partial charge is 0.251 e. The van der Waals surface area contributed by atoms with Crippen molar-refractivity contribution in [1.82, 2.24) is 9.62 Å². The quantitative estimate of drug-likeness (QED) is 0.726. The molecule has 1 aliphatic rings. The number of piperidine rings is 1. The van der Waals surface area contributed by atoms with Gasteiger partial charge in [0.1, 0.15) is 0 Å². The van der Waals surface area contributed by atoms with Crippen LogP contribution in [0.5, 0.6) is 0 Å². The minimum Gasteiger partial charge on any atom is -0.387 e. The van der Waals surface area contributed by atoms with E-state index in [9.17, 15) is 27.1 Å². The molecule has 2 unspecified atom stereocenters. The van der Waals surface area contributed by atoms with Crippen LogP contribution in [0.15, 0.2) is 47.4 Å². The number of hydrogen-bond donors (Lipinski definition) is 2. The third-order valence-electron chi connectivity index (χ3n) is 5.25. The van der Waals surface area contributed by atoms with Gasteiger partial charge in [0.2, 0.25) is 10.0 Å². The zero-order valence-corrected chi connectivity index (χ0v) is 17.3. The van der Waals surface area contributed by atoms with Gasteiger partial charge in [-0.2, -0.15) is 4.31 Å². The molecule has 0 radical (unpaired) electrons. The summed E-state index contributed by atoms with van der Waals surface area (Å²) in [6.07, 6.45) is 1.43. The predicted molar refractivity (Wildman–Crippen MR) is 107 cm³/mol. The number of carbonyl (C=O) groups is 1. The third kappa shape index (κ3) is 4.85. The van der Waals surface area contributed by atoms with Gasteiger partial charge in [-0.15, -0.1) is 0 Å². The van der Waals surface area contributed by atoms with E-state index in [0.29, 0.717) is 6.54 Å². The standard InChI is InChI=1S/C21H24F2N2O4S/c1-14-4-2-3-11-25(14)30(28,29)17-8-5-15(6-9-17)21(27)24-13-20(26)16-7-10-18(22)19(23)12-16/h5-10,12,14,20,26H,2-4,11,13H2,1H3,(H,24,27). The van der Waals surface area contributed by atoms with Crippen molar-refractivity contribution in [1.29, 1.82) is 0 Å². The zero-order valence-electron chi connectivity index (χ0n) is 16.5. The Kier molecular flexibility index (Phi) is 6.84. The number of aliphatic hydroxyl groups is 1. The number of aliphatic hydroxyl groups excluding tert-OH is 1. The maximum absolute atomic E-state index is 13.3. The summed E-state index contributed by atoms with van der Waals surface area (Å²) < 4.78 is 53.4. The molecule has 0 spiro atoms. The lowest BCUT2D eigenvalue weighted by atomic mass is 10.1. The van der Waals surface area contributed by atoms with Gasteiger partial charge in [0.15, 0.2) is 11.6 Å². The Morgan fingerprint density at radius 1 is 1.17 bits per heavy atom. The average Bonchev–Trinajstić information content (AvgIpc) is 2.74. The average molecular weight is 438 g/mol. The Hall–Kier alpha value is -2.36. The lowest BCUT2D eigenvalue weighted by Crippen LogP contribution is -2.41. The Balaban J connectivity index is 1.64. The highest BCUT2D eigenvalue weighted by Gasteiger charge is 2.30. The highest BCUT2D eigenvalue weighted by molar-refractivity contribution is 7.89. The van der Waals surface area contributed by atoms with Crippen LogP contribution in [0.3, 0.4) is 0 Å². The summed E-state index contributed by atoms with van der Waals surface area (Å²) in [7, 11) is -3.63. The van der Waals surface area contributed by atoms with Gasteiger partial charge in [0, 0.05) is 24.7 Å². The molecule has 9 heteroatoms. The van der Waals surface area contributed by atoms with Gasteiger partial charge in [-0.25, -0.2) is 17.2 Å². The first-order chi connectivity index (χ1) is 14.2. The molecular weight excluding hydrogens is 414 g/mol. The molecule has 3 rings (SSSR count). The van der Waals surface area contributed by atoms with Crippen LogP contribution in [0.4, 0.5) is 8.78 Å². The largest absolute Gasteiger partial charge is 0.387 e. The SMILES string of the molecule is CC1CCCCN1S(=O)(=O)c1ccc(C(=O)NCC(O)c2ccc(F)c(F)c2)cc1. The van der Waals surface area contributed by atoms with Crippen LogP contribution in [-0.4, -0.2) is 42.9 Å². The fraction of sp³-hybridized carbons (Fsp3) is 0.381. The Bertz CT molecular complexity index is 1010. The molecule has 1 saturated heterocycles. The number of sulfonamides is 1. The molecule has 0 aromatic heterocycles. The van der Waals surface area contributed by atoms with Crippen molar-refractivity contribution in [2.75, 3.05) is 13.1 Å². The van der Waals surface area contributed by atoms with E-state index in [1.54, 1.807) is 0 Å². The van der Waals surface area contributed by atoms with Crippen LogP contribution in [0.1, 0.15) is 48.2 Å². The molecule has 2 atom stereocenters. The van der Waals surface area contributed by atoms with E-state index in [1.165, 1.54) is 34.6 Å². The number of nitrogens with one attached hydrogen (secondary N) is 1. The summed E-state index contributed by atoms with van der Waals surface area (Å²) in [4.78, 5) is 12.4. The van der Waals surface area contributed by atoms with Crippen LogP contribution in [0.25, 0.3) is 0 Å². The molecule has 1 amide bonds. The Morgan fingerprint density at radius 3 is 2.50 bits per heavy atom. The normalized spacial score (nSPS) is 18.7. The Morgan fingerprint density at radius 2 is 1.87 bits per heavy atom. The third-order valence-corrected chi connectivity index (χ3v) is 7.28. The maximum atomic E-state index is 13.3. The fourth-order valence-corrected chi connectivity index (χ4v) is 5.17. The van der Waals surface area contributed by atoms with Gasteiger partial charge in [0.25, 0.3) is 5.91 Å². The van der Waals surface area contributed by atoms with E-state index in [-0.39, 0.29) is 28.6 Å². The summed E-state index contributed by atoms with van der Waals surface area (Å²) in [5.41, 5.74) is 0.351. The second kappa shape index (κ2) is 9.20. The van der Waals surface area contributed by atoms with Crippen LogP contribution >= 0.6 is 0 Å². The highest BCUT2D eigenvalue weighted by atomic mass is 32.2. The molecule has 1 aliphatic heterocycles. The summed E-state index contributed by atoms with van der Waals surface area (Å²) in [6, 6.07) is 8.52. The number of benzene rings is 2. The summed E-state index contributed by atoms with van der Waals surface area (Å²) in [6.45, 7) is 2.15. The van der Waals surface area contributed by atoms with Gasteiger partial charge < -0.3 is 10.4 Å². The number of carbonyl (C=O) groups excluding carboxylic acids is 1. The summed E-state index contributed by atoms with van der Waals surface area (Å²) >= 11 is 0. The number of hydrogen-bond acceptors (Lipinski definition) is 4. The maximum Gasteiger partial charge on any atom is 0.251 e. The summed E-state index contributed by atoms with van der Waals surface area (Å²) in [5.74, 6) is -2.63. The molecule has 0 aliphatic carbocycles. The Labute approximate surface area is 174 Å². The first kappa shape index (κ1) is 22.3. The monoisotopic (exact) mass is 438 g/mol. The fourth-order valence-electron chi connectivity index (χ4n) is 3.47. The first-order valence-corrected chi connectivity index (χ1v) is 11.2. The molecule has 6 nitrogen and oxygen atoms in total. The van der Waals surface area contributed by atoms with Gasteiger partial charge >= 0.3 is 0 Å². The van der Waals surface area contributed by atoms with Gasteiger partial charge in [-0.1, -0.05) is 12.5 Å².